The molecule has 0 saturated carbocycles. The number of rotatable bonds is 1. The van der Waals surface area contributed by atoms with Crippen molar-refractivity contribution in [3.8, 4) is 11.8 Å². The van der Waals surface area contributed by atoms with E-state index in [-0.39, 0.29) is 0 Å². The fourth-order valence-corrected chi connectivity index (χ4v) is 1.84. The Kier molecular flexibility index (Phi) is 2.57. The molecule has 1 aromatic carbocycles. The second-order valence-electron chi connectivity index (χ2n) is 2.71. The Morgan fingerprint density at radius 3 is 3.29 bits per heavy atom. The molecule has 2 nitrogen and oxygen atoms in total. The summed E-state index contributed by atoms with van der Waals surface area (Å²) >= 11 is 1.59. The van der Waals surface area contributed by atoms with Crippen LogP contribution in [0.25, 0.3) is 10.2 Å². The predicted octanol–water partition coefficient (Wildman–Crippen LogP) is 2.24. The molecule has 0 amide bonds. The largest absolute Gasteiger partial charge is 0.302 e. The molecule has 1 aromatic heterocycles. The summed E-state index contributed by atoms with van der Waals surface area (Å²) in [7, 11) is 0. The van der Waals surface area contributed by atoms with Crippen molar-refractivity contribution in [3.63, 3.8) is 0 Å². The Balaban J connectivity index is 2.35. The smallest absolute Gasteiger partial charge is 0.131 e. The molecular formula is C11H7NOS. The fourth-order valence-electron chi connectivity index (χ4n) is 1.13. The van der Waals surface area contributed by atoms with E-state index in [2.05, 4.69) is 16.8 Å². The summed E-state index contributed by atoms with van der Waals surface area (Å²) < 4.78 is 1.13. The van der Waals surface area contributed by atoms with Crippen LogP contribution in [0.15, 0.2) is 23.7 Å². The lowest BCUT2D eigenvalue weighted by Gasteiger charge is -1.89. The first-order valence-corrected chi connectivity index (χ1v) is 5.04. The van der Waals surface area contributed by atoms with E-state index in [9.17, 15) is 4.79 Å². The van der Waals surface area contributed by atoms with Gasteiger partial charge in [0.15, 0.2) is 0 Å². The third-order valence-electron chi connectivity index (χ3n) is 1.75. The van der Waals surface area contributed by atoms with E-state index < -0.39 is 0 Å². The van der Waals surface area contributed by atoms with Crippen molar-refractivity contribution in [2.45, 2.75) is 6.42 Å². The van der Waals surface area contributed by atoms with Gasteiger partial charge in [-0.15, -0.1) is 11.3 Å². The van der Waals surface area contributed by atoms with Gasteiger partial charge in [0.2, 0.25) is 0 Å². The Morgan fingerprint density at radius 1 is 1.50 bits per heavy atom. The Labute approximate surface area is 85.6 Å². The SMILES string of the molecule is O=CCC#Cc1ccc2ncsc2c1. The molecule has 3 heteroatoms. The second-order valence-corrected chi connectivity index (χ2v) is 3.59. The Hall–Kier alpha value is -1.66. The van der Waals surface area contributed by atoms with E-state index in [0.29, 0.717) is 6.42 Å². The van der Waals surface area contributed by atoms with Crippen LogP contribution in [0.5, 0.6) is 0 Å². The predicted molar refractivity (Wildman–Crippen MR) is 57.2 cm³/mol. The summed E-state index contributed by atoms with van der Waals surface area (Å²) in [4.78, 5) is 14.2. The van der Waals surface area contributed by atoms with E-state index in [1.807, 2.05) is 23.7 Å². The number of carbonyl (C=O) groups is 1. The molecule has 0 fully saturated rings. The molecule has 14 heavy (non-hydrogen) atoms. The van der Waals surface area contributed by atoms with E-state index >= 15 is 0 Å². The molecule has 0 aliphatic carbocycles. The highest BCUT2D eigenvalue weighted by atomic mass is 32.1. The minimum Gasteiger partial charge on any atom is -0.302 e. The lowest BCUT2D eigenvalue weighted by Crippen LogP contribution is -1.74. The third kappa shape index (κ3) is 1.81. The maximum absolute atomic E-state index is 10.1. The number of carbonyl (C=O) groups excluding carboxylic acids is 1. The molecule has 0 spiro atoms. The van der Waals surface area contributed by atoms with Gasteiger partial charge < -0.3 is 4.79 Å². The number of fused-ring (bicyclic) bond motifs is 1. The van der Waals surface area contributed by atoms with Crippen LogP contribution in [0.3, 0.4) is 0 Å². The molecule has 1 heterocycles. The van der Waals surface area contributed by atoms with Gasteiger partial charge in [-0.3, -0.25) is 0 Å². The van der Waals surface area contributed by atoms with Crippen molar-refractivity contribution in [1.82, 2.24) is 4.98 Å². The van der Waals surface area contributed by atoms with Crippen molar-refractivity contribution in [2.24, 2.45) is 0 Å². The van der Waals surface area contributed by atoms with Crippen LogP contribution in [-0.4, -0.2) is 11.3 Å². The van der Waals surface area contributed by atoms with E-state index in [0.717, 1.165) is 22.1 Å². The van der Waals surface area contributed by atoms with Gasteiger partial charge >= 0.3 is 0 Å². The van der Waals surface area contributed by atoms with Crippen LogP contribution in [-0.2, 0) is 4.79 Å². The van der Waals surface area contributed by atoms with Crippen molar-refractivity contribution >= 4 is 27.8 Å². The van der Waals surface area contributed by atoms with Gasteiger partial charge in [0.1, 0.15) is 6.29 Å². The first kappa shape index (κ1) is 8.92. The monoisotopic (exact) mass is 201 g/mol. The zero-order chi connectivity index (χ0) is 9.80. The second kappa shape index (κ2) is 4.03. The van der Waals surface area contributed by atoms with Gasteiger partial charge in [0, 0.05) is 5.56 Å². The summed E-state index contributed by atoms with van der Waals surface area (Å²) in [6.07, 6.45) is 1.10. The molecule has 0 atom stereocenters. The minimum atomic E-state index is 0.292. The number of hydrogen-bond donors (Lipinski definition) is 0. The summed E-state index contributed by atoms with van der Waals surface area (Å²) in [5, 5.41) is 0. The van der Waals surface area contributed by atoms with Gasteiger partial charge in [0.05, 0.1) is 22.1 Å². The van der Waals surface area contributed by atoms with Crippen LogP contribution in [0, 0.1) is 11.8 Å². The number of nitrogens with zero attached hydrogens (tertiary/aromatic N) is 1. The molecule has 0 aliphatic heterocycles. The van der Waals surface area contributed by atoms with Gasteiger partial charge in [-0.25, -0.2) is 4.98 Å². The molecule has 0 saturated heterocycles. The highest BCUT2D eigenvalue weighted by Crippen LogP contribution is 2.18. The van der Waals surface area contributed by atoms with Gasteiger partial charge in [-0.05, 0) is 18.2 Å². The van der Waals surface area contributed by atoms with Crippen molar-refractivity contribution in [2.75, 3.05) is 0 Å². The highest BCUT2D eigenvalue weighted by molar-refractivity contribution is 7.16. The maximum atomic E-state index is 10.1. The fraction of sp³-hybridized carbons (Fsp3) is 0.0909. The molecule has 0 unspecified atom stereocenters. The molecule has 2 aromatic rings. The molecule has 2 rings (SSSR count). The van der Waals surface area contributed by atoms with Gasteiger partial charge in [0.25, 0.3) is 0 Å². The normalized spacial score (nSPS) is 9.43. The van der Waals surface area contributed by atoms with Crippen LogP contribution in [0.2, 0.25) is 0 Å². The summed E-state index contributed by atoms with van der Waals surface area (Å²) in [5.74, 6) is 5.70. The van der Waals surface area contributed by atoms with E-state index in [1.165, 1.54) is 0 Å². The van der Waals surface area contributed by atoms with Gasteiger partial charge in [-0.1, -0.05) is 11.8 Å². The minimum absolute atomic E-state index is 0.292. The average molecular weight is 201 g/mol. The molecule has 0 radical (unpaired) electrons. The number of aromatic nitrogens is 1. The number of benzene rings is 1. The molecule has 0 N–H and O–H groups in total. The molecular weight excluding hydrogens is 194 g/mol. The lowest BCUT2D eigenvalue weighted by molar-refractivity contribution is -0.107. The molecule has 0 bridgehead atoms. The van der Waals surface area contributed by atoms with E-state index in [4.69, 9.17) is 0 Å². The van der Waals surface area contributed by atoms with Crippen molar-refractivity contribution in [1.29, 1.82) is 0 Å². The lowest BCUT2D eigenvalue weighted by atomic mass is 10.2. The van der Waals surface area contributed by atoms with Crippen LogP contribution >= 0.6 is 11.3 Å². The summed E-state index contributed by atoms with van der Waals surface area (Å²) in [5.41, 5.74) is 3.74. The van der Waals surface area contributed by atoms with Crippen LogP contribution in [0.1, 0.15) is 12.0 Å². The number of aldehydes is 1. The van der Waals surface area contributed by atoms with Gasteiger partial charge in [-0.2, -0.15) is 0 Å². The molecule has 68 valence electrons. The quantitative estimate of drug-likeness (QED) is 0.523. The summed E-state index contributed by atoms with van der Waals surface area (Å²) in [6.45, 7) is 0. The maximum Gasteiger partial charge on any atom is 0.131 e. The van der Waals surface area contributed by atoms with Crippen molar-refractivity contribution in [3.05, 3.63) is 29.3 Å². The zero-order valence-corrected chi connectivity index (χ0v) is 8.17. The first-order chi connectivity index (χ1) is 6.90. The summed E-state index contributed by atoms with van der Waals surface area (Å²) in [6, 6.07) is 5.85. The topological polar surface area (TPSA) is 30.0 Å². The number of thiazole rings is 1. The zero-order valence-electron chi connectivity index (χ0n) is 7.36. The standard InChI is InChI=1S/C11H7NOS/c13-6-2-1-3-9-4-5-10-11(7-9)14-8-12-10/h4-8H,2H2. The number of hydrogen-bond acceptors (Lipinski definition) is 3. The van der Waals surface area contributed by atoms with E-state index in [1.54, 1.807) is 11.3 Å². The molecule has 0 aliphatic rings. The third-order valence-corrected chi connectivity index (χ3v) is 2.54. The average Bonchev–Trinajstić information content (AvgIpc) is 2.65. The Morgan fingerprint density at radius 2 is 2.43 bits per heavy atom. The van der Waals surface area contributed by atoms with Crippen LogP contribution < -0.4 is 0 Å². The first-order valence-electron chi connectivity index (χ1n) is 4.16. The van der Waals surface area contributed by atoms with Crippen molar-refractivity contribution < 1.29 is 4.79 Å². The highest BCUT2D eigenvalue weighted by Gasteiger charge is 1.95. The Bertz CT molecular complexity index is 519. The van der Waals surface area contributed by atoms with Crippen LogP contribution in [0.4, 0.5) is 0 Å².